The maximum absolute atomic E-state index is 11.6. The van der Waals surface area contributed by atoms with Crippen LogP contribution in [0, 0.1) is 11.3 Å². The van der Waals surface area contributed by atoms with Gasteiger partial charge in [0.25, 0.3) is 0 Å². The summed E-state index contributed by atoms with van der Waals surface area (Å²) >= 11 is 0. The van der Waals surface area contributed by atoms with E-state index in [2.05, 4.69) is 0 Å². The Labute approximate surface area is 111 Å². The lowest BCUT2D eigenvalue weighted by atomic mass is 9.72. The van der Waals surface area contributed by atoms with Crippen molar-refractivity contribution in [2.24, 2.45) is 11.3 Å². The quantitative estimate of drug-likeness (QED) is 0.825. The number of rotatable bonds is 4. The molecule has 2 fully saturated rings. The number of hydrogen-bond donors (Lipinski definition) is 1. The van der Waals surface area contributed by atoms with Crippen LogP contribution in [-0.4, -0.2) is 16.5 Å². The first-order chi connectivity index (χ1) is 8.39. The molecule has 0 bridgehead atoms. The largest absolute Gasteiger partial charge is 0.390 e. The standard InChI is InChI=1S/C16H28O2/c1-15(2,18)8-3-5-13-7-10-16(11-13)9-4-6-14(17)12-16/h13,18H,3-12H2,1-2H3/t13-,16-/m0/s1. The van der Waals surface area contributed by atoms with Gasteiger partial charge in [-0.15, -0.1) is 0 Å². The molecular weight excluding hydrogens is 224 g/mol. The summed E-state index contributed by atoms with van der Waals surface area (Å²) < 4.78 is 0. The van der Waals surface area contributed by atoms with E-state index < -0.39 is 5.60 Å². The first kappa shape index (κ1) is 14.0. The van der Waals surface area contributed by atoms with Gasteiger partial charge in [0.05, 0.1) is 5.60 Å². The molecule has 0 aliphatic heterocycles. The predicted molar refractivity (Wildman–Crippen MR) is 73.4 cm³/mol. The minimum Gasteiger partial charge on any atom is -0.390 e. The first-order valence-electron chi connectivity index (χ1n) is 7.63. The zero-order valence-corrected chi connectivity index (χ0v) is 12.0. The van der Waals surface area contributed by atoms with Gasteiger partial charge in [0.15, 0.2) is 0 Å². The second kappa shape index (κ2) is 5.32. The molecule has 0 aromatic heterocycles. The molecule has 1 spiro atoms. The van der Waals surface area contributed by atoms with Gasteiger partial charge in [-0.05, 0) is 63.7 Å². The Morgan fingerprint density at radius 2 is 2.17 bits per heavy atom. The molecule has 0 unspecified atom stereocenters. The molecule has 18 heavy (non-hydrogen) atoms. The molecule has 2 nitrogen and oxygen atoms in total. The molecule has 2 rings (SSSR count). The number of carbonyl (C=O) groups is 1. The summed E-state index contributed by atoms with van der Waals surface area (Å²) in [5.41, 5.74) is -0.133. The number of aliphatic hydroxyl groups is 1. The van der Waals surface area contributed by atoms with E-state index in [9.17, 15) is 9.90 Å². The molecule has 2 atom stereocenters. The Hall–Kier alpha value is -0.370. The highest BCUT2D eigenvalue weighted by atomic mass is 16.3. The Morgan fingerprint density at radius 3 is 2.83 bits per heavy atom. The molecule has 0 aromatic carbocycles. The molecule has 0 heterocycles. The molecular formula is C16H28O2. The number of carbonyl (C=O) groups excluding carboxylic acids is 1. The Morgan fingerprint density at radius 1 is 1.39 bits per heavy atom. The fourth-order valence-electron chi connectivity index (χ4n) is 4.04. The molecule has 2 aliphatic carbocycles. The first-order valence-corrected chi connectivity index (χ1v) is 7.63. The van der Waals surface area contributed by atoms with Gasteiger partial charge in [-0.1, -0.05) is 12.8 Å². The van der Waals surface area contributed by atoms with Crippen LogP contribution in [0.2, 0.25) is 0 Å². The van der Waals surface area contributed by atoms with Crippen LogP contribution in [0.5, 0.6) is 0 Å². The zero-order valence-electron chi connectivity index (χ0n) is 12.0. The second-order valence-electron chi connectivity index (χ2n) is 7.38. The van der Waals surface area contributed by atoms with E-state index in [1.165, 1.54) is 32.1 Å². The summed E-state index contributed by atoms with van der Waals surface area (Å²) in [4.78, 5) is 11.6. The van der Waals surface area contributed by atoms with E-state index in [1.54, 1.807) is 0 Å². The Balaban J connectivity index is 1.76. The van der Waals surface area contributed by atoms with Crippen molar-refractivity contribution in [3.8, 4) is 0 Å². The van der Waals surface area contributed by atoms with Crippen molar-refractivity contribution >= 4 is 5.78 Å². The van der Waals surface area contributed by atoms with Gasteiger partial charge in [-0.3, -0.25) is 4.79 Å². The van der Waals surface area contributed by atoms with Gasteiger partial charge in [0.1, 0.15) is 5.78 Å². The van der Waals surface area contributed by atoms with E-state index in [-0.39, 0.29) is 0 Å². The third-order valence-corrected chi connectivity index (χ3v) is 4.94. The molecule has 0 aromatic rings. The van der Waals surface area contributed by atoms with Gasteiger partial charge in [0.2, 0.25) is 0 Å². The SMILES string of the molecule is CC(C)(O)CCC[C@H]1CC[C@@]2(CCCC(=O)C2)C1. The molecule has 0 saturated heterocycles. The molecule has 104 valence electrons. The highest BCUT2D eigenvalue weighted by molar-refractivity contribution is 5.79. The molecule has 2 aliphatic rings. The fourth-order valence-corrected chi connectivity index (χ4v) is 4.04. The predicted octanol–water partition coefficient (Wildman–Crippen LogP) is 3.86. The zero-order chi connectivity index (χ0) is 13.2. The van der Waals surface area contributed by atoms with Crippen LogP contribution < -0.4 is 0 Å². The second-order valence-corrected chi connectivity index (χ2v) is 7.38. The van der Waals surface area contributed by atoms with Crippen molar-refractivity contribution in [1.29, 1.82) is 0 Å². The van der Waals surface area contributed by atoms with Crippen LogP contribution in [0.15, 0.2) is 0 Å². The minimum atomic E-state index is -0.517. The summed E-state index contributed by atoms with van der Waals surface area (Å²) in [6.07, 6.45) is 11.2. The van der Waals surface area contributed by atoms with E-state index in [0.29, 0.717) is 11.2 Å². The summed E-state index contributed by atoms with van der Waals surface area (Å²) in [6.45, 7) is 3.78. The van der Waals surface area contributed by atoms with E-state index in [1.807, 2.05) is 13.8 Å². The molecule has 0 radical (unpaired) electrons. The van der Waals surface area contributed by atoms with Crippen LogP contribution >= 0.6 is 0 Å². The smallest absolute Gasteiger partial charge is 0.133 e. The Kier molecular flexibility index (Phi) is 4.15. The van der Waals surface area contributed by atoms with Crippen molar-refractivity contribution in [2.75, 3.05) is 0 Å². The molecule has 2 heteroatoms. The molecule has 2 saturated carbocycles. The van der Waals surface area contributed by atoms with Crippen LogP contribution in [0.25, 0.3) is 0 Å². The monoisotopic (exact) mass is 252 g/mol. The van der Waals surface area contributed by atoms with Crippen molar-refractivity contribution in [1.82, 2.24) is 0 Å². The van der Waals surface area contributed by atoms with Crippen LogP contribution in [-0.2, 0) is 4.79 Å². The highest BCUT2D eigenvalue weighted by Crippen LogP contribution is 2.51. The lowest BCUT2D eigenvalue weighted by Crippen LogP contribution is -2.26. The van der Waals surface area contributed by atoms with E-state index >= 15 is 0 Å². The van der Waals surface area contributed by atoms with Gasteiger partial charge in [-0.2, -0.15) is 0 Å². The summed E-state index contributed by atoms with van der Waals surface area (Å²) in [5.74, 6) is 1.30. The summed E-state index contributed by atoms with van der Waals surface area (Å²) in [5, 5.41) is 9.72. The summed E-state index contributed by atoms with van der Waals surface area (Å²) in [7, 11) is 0. The maximum atomic E-state index is 11.6. The van der Waals surface area contributed by atoms with Crippen LogP contribution in [0.3, 0.4) is 0 Å². The average Bonchev–Trinajstić information content (AvgIpc) is 2.59. The van der Waals surface area contributed by atoms with E-state index in [4.69, 9.17) is 0 Å². The number of hydrogen-bond acceptors (Lipinski definition) is 2. The van der Waals surface area contributed by atoms with Gasteiger partial charge >= 0.3 is 0 Å². The lowest BCUT2D eigenvalue weighted by Gasteiger charge is -2.32. The van der Waals surface area contributed by atoms with Crippen molar-refractivity contribution < 1.29 is 9.90 Å². The van der Waals surface area contributed by atoms with Gasteiger partial charge in [0, 0.05) is 12.8 Å². The van der Waals surface area contributed by atoms with Gasteiger partial charge < -0.3 is 5.11 Å². The normalized spacial score (nSPS) is 33.3. The minimum absolute atomic E-state index is 0.384. The van der Waals surface area contributed by atoms with Crippen molar-refractivity contribution in [3.05, 3.63) is 0 Å². The average molecular weight is 252 g/mol. The van der Waals surface area contributed by atoms with Crippen LogP contribution in [0.1, 0.15) is 78.1 Å². The van der Waals surface area contributed by atoms with Gasteiger partial charge in [-0.25, -0.2) is 0 Å². The molecule has 1 N–H and O–H groups in total. The summed E-state index contributed by atoms with van der Waals surface area (Å²) in [6, 6.07) is 0. The third kappa shape index (κ3) is 3.81. The Bertz CT molecular complexity index is 303. The lowest BCUT2D eigenvalue weighted by molar-refractivity contribution is -0.123. The van der Waals surface area contributed by atoms with Crippen molar-refractivity contribution in [2.45, 2.75) is 83.7 Å². The molecule has 0 amide bonds. The highest BCUT2D eigenvalue weighted by Gasteiger charge is 2.41. The fraction of sp³-hybridized carbons (Fsp3) is 0.938. The van der Waals surface area contributed by atoms with Crippen molar-refractivity contribution in [3.63, 3.8) is 0 Å². The topological polar surface area (TPSA) is 37.3 Å². The maximum Gasteiger partial charge on any atom is 0.133 e. The third-order valence-electron chi connectivity index (χ3n) is 4.94. The number of Topliss-reactive ketones (excluding diaryl/α,β-unsaturated/α-hetero) is 1. The van der Waals surface area contributed by atoms with Crippen LogP contribution in [0.4, 0.5) is 0 Å². The van der Waals surface area contributed by atoms with E-state index in [0.717, 1.165) is 38.0 Å². The number of ketones is 1.